The normalized spacial score (nSPS) is 29.3. The smallest absolute Gasteiger partial charge is 0.307 e. The lowest BCUT2D eigenvalue weighted by Crippen LogP contribution is -2.43. The molecule has 0 saturated heterocycles. The molecule has 104 valence electrons. The van der Waals surface area contributed by atoms with E-state index in [9.17, 15) is 19.2 Å². The molecular weight excluding hydrogens is 248 g/mol. The first-order chi connectivity index (χ1) is 9.00. The highest BCUT2D eigenvalue weighted by atomic mass is 16.4. The second-order valence-electron chi connectivity index (χ2n) is 5.55. The predicted octanol–water partition coefficient (Wildman–Crippen LogP) is 1.38. The molecule has 0 heterocycles. The highest BCUT2D eigenvalue weighted by Gasteiger charge is 2.44. The van der Waals surface area contributed by atoms with Crippen molar-refractivity contribution in [3.63, 3.8) is 0 Å². The maximum atomic E-state index is 12.3. The standard InChI is InChI=1S/C14H18O5/c15-10-6-9(14(18)19)7-11(16)12(10)13(17)8-4-2-1-3-5-8/h8-9,12H,1-7H2,(H,18,19). The zero-order valence-corrected chi connectivity index (χ0v) is 10.8. The Morgan fingerprint density at radius 3 is 1.89 bits per heavy atom. The van der Waals surface area contributed by atoms with Crippen molar-refractivity contribution < 1.29 is 24.3 Å². The van der Waals surface area contributed by atoms with Crippen molar-refractivity contribution in [1.29, 1.82) is 0 Å². The fourth-order valence-corrected chi connectivity index (χ4v) is 3.09. The van der Waals surface area contributed by atoms with E-state index in [1.54, 1.807) is 0 Å². The van der Waals surface area contributed by atoms with E-state index in [1.807, 2.05) is 0 Å². The van der Waals surface area contributed by atoms with E-state index < -0.39 is 29.4 Å². The molecule has 0 unspecified atom stereocenters. The minimum Gasteiger partial charge on any atom is -0.481 e. The maximum Gasteiger partial charge on any atom is 0.307 e. The monoisotopic (exact) mass is 266 g/mol. The lowest BCUT2D eigenvalue weighted by Gasteiger charge is -2.27. The number of aliphatic carboxylic acids is 1. The summed E-state index contributed by atoms with van der Waals surface area (Å²) < 4.78 is 0. The molecule has 19 heavy (non-hydrogen) atoms. The van der Waals surface area contributed by atoms with Crippen LogP contribution in [0.1, 0.15) is 44.9 Å². The van der Waals surface area contributed by atoms with Crippen LogP contribution >= 0.6 is 0 Å². The number of Topliss-reactive ketones (excluding diaryl/α,β-unsaturated/α-hetero) is 3. The summed E-state index contributed by atoms with van der Waals surface area (Å²) in [6, 6.07) is 0. The third kappa shape index (κ3) is 2.91. The highest BCUT2D eigenvalue weighted by molar-refractivity contribution is 6.22. The van der Waals surface area contributed by atoms with Gasteiger partial charge in [0.1, 0.15) is 5.92 Å². The molecule has 1 N–H and O–H groups in total. The van der Waals surface area contributed by atoms with Gasteiger partial charge in [0.05, 0.1) is 5.92 Å². The Balaban J connectivity index is 2.07. The molecule has 0 aromatic carbocycles. The van der Waals surface area contributed by atoms with E-state index in [0.717, 1.165) is 32.1 Å². The third-order valence-corrected chi connectivity index (χ3v) is 4.18. The number of rotatable bonds is 3. The van der Waals surface area contributed by atoms with Crippen LogP contribution in [0.4, 0.5) is 0 Å². The number of hydrogen-bond acceptors (Lipinski definition) is 4. The van der Waals surface area contributed by atoms with Crippen LogP contribution in [-0.2, 0) is 19.2 Å². The van der Waals surface area contributed by atoms with Crippen molar-refractivity contribution in [2.45, 2.75) is 44.9 Å². The van der Waals surface area contributed by atoms with Crippen molar-refractivity contribution in [2.24, 2.45) is 17.8 Å². The van der Waals surface area contributed by atoms with Crippen LogP contribution in [0.15, 0.2) is 0 Å². The van der Waals surface area contributed by atoms with Gasteiger partial charge in [0.15, 0.2) is 17.3 Å². The Bertz CT molecular complexity index is 402. The first-order valence-corrected chi connectivity index (χ1v) is 6.82. The van der Waals surface area contributed by atoms with Crippen molar-refractivity contribution in [3.05, 3.63) is 0 Å². The molecular formula is C14H18O5. The molecule has 5 nitrogen and oxygen atoms in total. The van der Waals surface area contributed by atoms with Gasteiger partial charge in [-0.25, -0.2) is 0 Å². The minimum atomic E-state index is -1.18. The van der Waals surface area contributed by atoms with Gasteiger partial charge in [0.25, 0.3) is 0 Å². The van der Waals surface area contributed by atoms with E-state index in [4.69, 9.17) is 5.11 Å². The quantitative estimate of drug-likeness (QED) is 0.780. The molecule has 0 bridgehead atoms. The van der Waals surface area contributed by atoms with E-state index in [1.165, 1.54) is 0 Å². The van der Waals surface area contributed by atoms with Crippen LogP contribution in [0.2, 0.25) is 0 Å². The van der Waals surface area contributed by atoms with E-state index in [-0.39, 0.29) is 24.5 Å². The lowest BCUT2D eigenvalue weighted by atomic mass is 9.72. The SMILES string of the molecule is O=C(O)C1CC(=O)C(C(=O)C2CCCCC2)C(=O)C1. The Morgan fingerprint density at radius 1 is 0.895 bits per heavy atom. The Morgan fingerprint density at radius 2 is 1.42 bits per heavy atom. The predicted molar refractivity (Wildman–Crippen MR) is 65.4 cm³/mol. The summed E-state index contributed by atoms with van der Waals surface area (Å²) in [5.41, 5.74) is 0. The van der Waals surface area contributed by atoms with E-state index in [2.05, 4.69) is 0 Å². The molecule has 2 aliphatic carbocycles. The van der Waals surface area contributed by atoms with Crippen LogP contribution in [0.25, 0.3) is 0 Å². The minimum absolute atomic E-state index is 0.187. The summed E-state index contributed by atoms with van der Waals surface area (Å²) in [6.07, 6.45) is 4.13. The molecule has 0 aliphatic heterocycles. The molecule has 2 fully saturated rings. The van der Waals surface area contributed by atoms with E-state index in [0.29, 0.717) is 0 Å². The van der Waals surface area contributed by atoms with Crippen molar-refractivity contribution in [1.82, 2.24) is 0 Å². The number of hydrogen-bond donors (Lipinski definition) is 1. The number of carbonyl (C=O) groups excluding carboxylic acids is 3. The van der Waals surface area contributed by atoms with Gasteiger partial charge in [0.2, 0.25) is 0 Å². The van der Waals surface area contributed by atoms with Gasteiger partial charge in [-0.3, -0.25) is 19.2 Å². The highest BCUT2D eigenvalue weighted by Crippen LogP contribution is 2.31. The van der Waals surface area contributed by atoms with Crippen LogP contribution in [0.5, 0.6) is 0 Å². The molecule has 2 aliphatic rings. The molecule has 0 amide bonds. The summed E-state index contributed by atoms with van der Waals surface area (Å²) in [5.74, 6) is -4.72. The zero-order chi connectivity index (χ0) is 14.0. The van der Waals surface area contributed by atoms with Gasteiger partial charge in [-0.1, -0.05) is 19.3 Å². The van der Waals surface area contributed by atoms with Gasteiger partial charge >= 0.3 is 5.97 Å². The fourth-order valence-electron chi connectivity index (χ4n) is 3.09. The van der Waals surface area contributed by atoms with Crippen LogP contribution in [-0.4, -0.2) is 28.4 Å². The van der Waals surface area contributed by atoms with Gasteiger partial charge in [-0.05, 0) is 12.8 Å². The second-order valence-corrected chi connectivity index (χ2v) is 5.55. The van der Waals surface area contributed by atoms with Crippen LogP contribution in [0, 0.1) is 17.8 Å². The van der Waals surface area contributed by atoms with Crippen molar-refractivity contribution in [3.8, 4) is 0 Å². The van der Waals surface area contributed by atoms with Gasteiger partial charge < -0.3 is 5.11 Å². The molecule has 0 atom stereocenters. The summed E-state index contributed by atoms with van der Waals surface area (Å²) in [4.78, 5) is 46.9. The fraction of sp³-hybridized carbons (Fsp3) is 0.714. The summed E-state index contributed by atoms with van der Waals surface area (Å²) in [5, 5.41) is 8.86. The first-order valence-electron chi connectivity index (χ1n) is 6.82. The maximum absolute atomic E-state index is 12.3. The zero-order valence-electron chi connectivity index (χ0n) is 10.8. The van der Waals surface area contributed by atoms with Crippen molar-refractivity contribution >= 4 is 23.3 Å². The largest absolute Gasteiger partial charge is 0.481 e. The van der Waals surface area contributed by atoms with Gasteiger partial charge in [0, 0.05) is 18.8 Å². The molecule has 2 saturated carbocycles. The number of carboxylic acid groups (broad SMARTS) is 1. The second kappa shape index (κ2) is 5.63. The number of carbonyl (C=O) groups is 4. The molecule has 0 aromatic heterocycles. The Labute approximate surface area is 111 Å². The Kier molecular flexibility index (Phi) is 4.12. The molecule has 5 heteroatoms. The molecule has 2 rings (SSSR count). The Hall–Kier alpha value is -1.52. The van der Waals surface area contributed by atoms with Crippen molar-refractivity contribution in [2.75, 3.05) is 0 Å². The van der Waals surface area contributed by atoms with Gasteiger partial charge in [-0.2, -0.15) is 0 Å². The number of ketones is 3. The number of carboxylic acids is 1. The first kappa shape index (κ1) is 13.9. The van der Waals surface area contributed by atoms with Crippen LogP contribution in [0.3, 0.4) is 0 Å². The lowest BCUT2D eigenvalue weighted by molar-refractivity contribution is -0.153. The summed E-state index contributed by atoms with van der Waals surface area (Å²) >= 11 is 0. The third-order valence-electron chi connectivity index (χ3n) is 4.18. The van der Waals surface area contributed by atoms with Crippen LogP contribution < -0.4 is 0 Å². The van der Waals surface area contributed by atoms with Gasteiger partial charge in [-0.15, -0.1) is 0 Å². The van der Waals surface area contributed by atoms with E-state index >= 15 is 0 Å². The molecule has 0 aromatic rings. The average Bonchev–Trinajstić information content (AvgIpc) is 2.38. The average molecular weight is 266 g/mol. The molecule has 0 radical (unpaired) electrons. The summed E-state index contributed by atoms with van der Waals surface area (Å²) in [7, 11) is 0. The summed E-state index contributed by atoms with van der Waals surface area (Å²) in [6.45, 7) is 0. The molecule has 0 spiro atoms. The topological polar surface area (TPSA) is 88.5 Å².